The zero-order valence-corrected chi connectivity index (χ0v) is 29.6. The first kappa shape index (κ1) is 34.5. The van der Waals surface area contributed by atoms with Gasteiger partial charge in [-0.2, -0.15) is 0 Å². The van der Waals surface area contributed by atoms with Crippen LogP contribution in [0.2, 0.25) is 36.3 Å². The van der Waals surface area contributed by atoms with Crippen LogP contribution in [0, 0.1) is 11.8 Å². The Hall–Kier alpha value is -0.696. The Kier molecular flexibility index (Phi) is 12.0. The quantitative estimate of drug-likeness (QED) is 0.112. The molecule has 0 amide bonds. The summed E-state index contributed by atoms with van der Waals surface area (Å²) in [6.07, 6.45) is 17.9. The molecule has 4 nitrogen and oxygen atoms in total. The summed E-state index contributed by atoms with van der Waals surface area (Å²) in [5.74, 6) is 0.360. The molecular formula is C33H62O4Si2. The number of rotatable bonds is 10. The second-order valence-corrected chi connectivity index (χ2v) is 25.0. The van der Waals surface area contributed by atoms with Gasteiger partial charge in [0.1, 0.15) is 6.10 Å². The van der Waals surface area contributed by atoms with Crippen LogP contribution in [-0.4, -0.2) is 40.4 Å². The van der Waals surface area contributed by atoms with Crippen LogP contribution in [0.5, 0.6) is 0 Å². The fraction of sp³-hybridized carbons (Fsp3) is 0.848. The highest BCUT2D eigenvalue weighted by Gasteiger charge is 2.49. The molecule has 5 atom stereocenters. The van der Waals surface area contributed by atoms with Gasteiger partial charge in [0, 0.05) is 24.7 Å². The van der Waals surface area contributed by atoms with E-state index in [1.165, 1.54) is 12.8 Å². The highest BCUT2D eigenvalue weighted by molar-refractivity contribution is 6.74. The molecule has 0 aromatic carbocycles. The summed E-state index contributed by atoms with van der Waals surface area (Å²) < 4.78 is 20.4. The Labute approximate surface area is 244 Å². The Morgan fingerprint density at radius 3 is 2.21 bits per heavy atom. The first-order valence-electron chi connectivity index (χ1n) is 15.7. The molecule has 0 N–H and O–H groups in total. The lowest BCUT2D eigenvalue weighted by atomic mass is 9.87. The second kappa shape index (κ2) is 13.5. The van der Waals surface area contributed by atoms with E-state index < -0.39 is 16.6 Å². The van der Waals surface area contributed by atoms with Crippen molar-refractivity contribution in [2.24, 2.45) is 11.8 Å². The molecule has 0 radical (unpaired) electrons. The van der Waals surface area contributed by atoms with Gasteiger partial charge < -0.3 is 13.6 Å². The normalized spacial score (nSPS) is 28.2. The fourth-order valence-electron chi connectivity index (χ4n) is 5.39. The predicted octanol–water partition coefficient (Wildman–Crippen LogP) is 9.97. The number of ether oxygens (including phenoxy) is 1. The van der Waals surface area contributed by atoms with Gasteiger partial charge >= 0.3 is 5.97 Å². The van der Waals surface area contributed by atoms with E-state index in [0.717, 1.165) is 38.5 Å². The van der Waals surface area contributed by atoms with E-state index in [2.05, 4.69) is 106 Å². The zero-order valence-electron chi connectivity index (χ0n) is 27.6. The number of fused-ring (bicyclic) bond motifs is 1. The number of carbonyl (C=O) groups excluding carboxylic acids is 1. The standard InChI is InChI=1S/C33H62O4Si2/c1-13-14-19-23-33(8,37-39(11,12)32(5,6)7)24-22-27-26-20-17-15-16-18-21-30(34)35-28(26)25-29(27)36-38(9,10)31(2,3)4/h15,17,22,24,26-29H,13-14,16,18-21,23,25H2,1-12H3/b17-15-,24-22+/t26-,27-,28+,29?,33-/m1/s1. The lowest BCUT2D eigenvalue weighted by Crippen LogP contribution is -2.48. The van der Waals surface area contributed by atoms with E-state index >= 15 is 0 Å². The number of carbonyl (C=O) groups is 1. The van der Waals surface area contributed by atoms with Crippen LogP contribution >= 0.6 is 0 Å². The molecule has 0 spiro atoms. The number of hydrogen-bond donors (Lipinski definition) is 0. The van der Waals surface area contributed by atoms with Gasteiger partial charge in [-0.3, -0.25) is 4.79 Å². The summed E-state index contributed by atoms with van der Waals surface area (Å²) in [7, 11) is -4.00. The third-order valence-corrected chi connectivity index (χ3v) is 19.1. The van der Waals surface area contributed by atoms with Crippen LogP contribution < -0.4 is 0 Å². The average molecular weight is 579 g/mol. The minimum Gasteiger partial charge on any atom is -0.462 e. The molecule has 226 valence electrons. The van der Waals surface area contributed by atoms with Crippen molar-refractivity contribution >= 4 is 22.6 Å². The van der Waals surface area contributed by atoms with Gasteiger partial charge in [-0.1, -0.05) is 92.0 Å². The Balaban J connectivity index is 2.49. The van der Waals surface area contributed by atoms with E-state index in [9.17, 15) is 4.79 Å². The third-order valence-electron chi connectivity index (χ3n) is 9.97. The molecule has 2 rings (SSSR count). The molecule has 1 unspecified atom stereocenters. The first-order chi connectivity index (χ1) is 17.8. The van der Waals surface area contributed by atoms with Gasteiger partial charge in [0.25, 0.3) is 0 Å². The number of unbranched alkanes of at least 4 members (excludes halogenated alkanes) is 2. The van der Waals surface area contributed by atoms with Crippen molar-refractivity contribution in [3.63, 3.8) is 0 Å². The van der Waals surface area contributed by atoms with Crippen molar-refractivity contribution in [3.05, 3.63) is 24.3 Å². The van der Waals surface area contributed by atoms with Gasteiger partial charge in [0.15, 0.2) is 16.6 Å². The van der Waals surface area contributed by atoms with Crippen LogP contribution in [0.3, 0.4) is 0 Å². The molecule has 1 heterocycles. The SMILES string of the molecule is CCCCC[C@](C)(/C=C/[C@H]1C(O[Si](C)(C)C(C)(C)C)C[C@@H]2OC(=O)CCC/C=C\C[C@@H]21)O[Si](C)(C)C(C)(C)C. The summed E-state index contributed by atoms with van der Waals surface area (Å²) in [6, 6.07) is 0. The second-order valence-electron chi connectivity index (χ2n) is 15.5. The van der Waals surface area contributed by atoms with Crippen molar-refractivity contribution in [3.8, 4) is 0 Å². The van der Waals surface area contributed by atoms with Gasteiger partial charge in [0.2, 0.25) is 0 Å². The summed E-state index contributed by atoms with van der Waals surface area (Å²) in [5.41, 5.74) is -0.319. The number of hydrogen-bond acceptors (Lipinski definition) is 4. The van der Waals surface area contributed by atoms with Crippen molar-refractivity contribution < 1.29 is 18.4 Å². The molecule has 1 aliphatic heterocycles. The zero-order chi connectivity index (χ0) is 29.7. The minimum absolute atomic E-state index is 0.0480. The molecule has 0 saturated heterocycles. The fourth-order valence-corrected chi connectivity index (χ4v) is 8.39. The Morgan fingerprint density at radius 2 is 1.62 bits per heavy atom. The molecule has 0 bridgehead atoms. The molecule has 0 aromatic rings. The van der Waals surface area contributed by atoms with Crippen LogP contribution in [0.1, 0.15) is 113 Å². The highest BCUT2D eigenvalue weighted by atomic mass is 28.4. The van der Waals surface area contributed by atoms with Crippen LogP contribution in [0.4, 0.5) is 0 Å². The number of allylic oxidation sites excluding steroid dienone is 2. The topological polar surface area (TPSA) is 44.8 Å². The summed E-state index contributed by atoms with van der Waals surface area (Å²) >= 11 is 0. The Bertz CT molecular complexity index is 849. The van der Waals surface area contributed by atoms with Crippen molar-refractivity contribution in [2.45, 2.75) is 167 Å². The smallest absolute Gasteiger partial charge is 0.306 e. The minimum atomic E-state index is -2.02. The largest absolute Gasteiger partial charge is 0.462 e. The molecule has 1 fully saturated rings. The molecule has 2 aliphatic rings. The maximum atomic E-state index is 12.7. The molecule has 6 heteroatoms. The molecule has 39 heavy (non-hydrogen) atoms. The number of esters is 1. The van der Waals surface area contributed by atoms with Gasteiger partial charge in [-0.05, 0) is 68.9 Å². The van der Waals surface area contributed by atoms with Crippen LogP contribution in [0.15, 0.2) is 24.3 Å². The van der Waals surface area contributed by atoms with Gasteiger partial charge in [0.05, 0.1) is 11.7 Å². The van der Waals surface area contributed by atoms with E-state index in [1.54, 1.807) is 0 Å². The Morgan fingerprint density at radius 1 is 0.974 bits per heavy atom. The lowest BCUT2D eigenvalue weighted by molar-refractivity contribution is -0.151. The van der Waals surface area contributed by atoms with Gasteiger partial charge in [-0.15, -0.1) is 0 Å². The predicted molar refractivity (Wildman–Crippen MR) is 171 cm³/mol. The van der Waals surface area contributed by atoms with E-state index in [0.29, 0.717) is 6.42 Å². The molecular weight excluding hydrogens is 517 g/mol. The molecule has 1 aliphatic carbocycles. The first-order valence-corrected chi connectivity index (χ1v) is 21.6. The van der Waals surface area contributed by atoms with E-state index in [4.69, 9.17) is 13.6 Å². The van der Waals surface area contributed by atoms with Crippen LogP contribution in [-0.2, 0) is 18.4 Å². The van der Waals surface area contributed by atoms with Crippen molar-refractivity contribution in [1.29, 1.82) is 0 Å². The van der Waals surface area contributed by atoms with Gasteiger partial charge in [-0.25, -0.2) is 0 Å². The molecule has 1 saturated carbocycles. The van der Waals surface area contributed by atoms with E-state index in [1.807, 2.05) is 0 Å². The monoisotopic (exact) mass is 578 g/mol. The highest BCUT2D eigenvalue weighted by Crippen LogP contribution is 2.46. The maximum Gasteiger partial charge on any atom is 0.306 e. The lowest BCUT2D eigenvalue weighted by Gasteiger charge is -2.43. The average Bonchev–Trinajstić information content (AvgIpc) is 3.08. The summed E-state index contributed by atoms with van der Waals surface area (Å²) in [6.45, 7) is 27.8. The van der Waals surface area contributed by atoms with E-state index in [-0.39, 0.29) is 45.7 Å². The molecule has 0 aromatic heterocycles. The summed E-state index contributed by atoms with van der Waals surface area (Å²) in [4.78, 5) is 12.7. The summed E-state index contributed by atoms with van der Waals surface area (Å²) in [5, 5.41) is 0.267. The maximum absolute atomic E-state index is 12.7. The van der Waals surface area contributed by atoms with Crippen LogP contribution in [0.25, 0.3) is 0 Å². The van der Waals surface area contributed by atoms with Crippen molar-refractivity contribution in [1.82, 2.24) is 0 Å². The van der Waals surface area contributed by atoms with Crippen molar-refractivity contribution in [2.75, 3.05) is 0 Å². The third kappa shape index (κ3) is 9.68.